The number of quaternary nitrogens is 1. The number of nitrogens with one attached hydrogen (secondary N) is 1. The summed E-state index contributed by atoms with van der Waals surface area (Å²) in [4.78, 5) is 13.3. The largest absolute Gasteiger partial charge is 0.332 e. The lowest BCUT2D eigenvalue weighted by Crippen LogP contribution is -3.13. The minimum Gasteiger partial charge on any atom is -0.332 e. The Morgan fingerprint density at radius 2 is 2.00 bits per heavy atom. The predicted octanol–water partition coefficient (Wildman–Crippen LogP) is 1.12. The maximum Gasteiger partial charge on any atom is 0.158 e. The van der Waals surface area contributed by atoms with Crippen molar-refractivity contribution in [1.82, 2.24) is 0 Å². The first-order valence-corrected chi connectivity index (χ1v) is 6.33. The van der Waals surface area contributed by atoms with Crippen molar-refractivity contribution in [3.05, 3.63) is 11.6 Å². The first-order chi connectivity index (χ1) is 7.27. The third-order valence-electron chi connectivity index (χ3n) is 3.83. The molecule has 0 spiro atoms. The molecule has 0 aromatic carbocycles. The van der Waals surface area contributed by atoms with Crippen LogP contribution in [-0.4, -0.2) is 25.4 Å². The van der Waals surface area contributed by atoms with Crippen LogP contribution in [0.4, 0.5) is 0 Å². The molecule has 1 heterocycles. The van der Waals surface area contributed by atoms with Gasteiger partial charge in [-0.1, -0.05) is 0 Å². The molecule has 0 aromatic heterocycles. The minimum absolute atomic E-state index is 0.416. The number of carbonyl (C=O) groups excluding carboxylic acids is 1. The summed E-state index contributed by atoms with van der Waals surface area (Å²) >= 11 is 0. The van der Waals surface area contributed by atoms with E-state index in [0.29, 0.717) is 11.8 Å². The van der Waals surface area contributed by atoms with E-state index in [2.05, 4.69) is 13.1 Å². The van der Waals surface area contributed by atoms with Crippen molar-refractivity contribution in [1.29, 1.82) is 0 Å². The summed E-state index contributed by atoms with van der Waals surface area (Å²) in [7, 11) is 2.26. The summed E-state index contributed by atoms with van der Waals surface area (Å²) in [6.45, 7) is 1.27. The highest BCUT2D eigenvalue weighted by atomic mass is 16.1. The molecule has 0 bridgehead atoms. The van der Waals surface area contributed by atoms with Crippen LogP contribution in [0, 0.1) is 0 Å². The zero-order chi connectivity index (χ0) is 10.7. The van der Waals surface area contributed by atoms with Gasteiger partial charge in [0.15, 0.2) is 5.78 Å². The van der Waals surface area contributed by atoms with Crippen LogP contribution in [0.25, 0.3) is 0 Å². The van der Waals surface area contributed by atoms with Gasteiger partial charge in [-0.05, 0) is 43.8 Å². The summed E-state index contributed by atoms with van der Waals surface area (Å²) in [5.41, 5.74) is 1.13. The van der Waals surface area contributed by atoms with Gasteiger partial charge in [0, 0.05) is 12.8 Å². The SMILES string of the molecule is C[NH+]1CCCCC1/C=C1\CCCCC1=O. The lowest BCUT2D eigenvalue weighted by Gasteiger charge is -2.28. The van der Waals surface area contributed by atoms with Crippen LogP contribution in [0.1, 0.15) is 44.9 Å². The van der Waals surface area contributed by atoms with Gasteiger partial charge in [-0.2, -0.15) is 0 Å². The van der Waals surface area contributed by atoms with Crippen molar-refractivity contribution >= 4 is 5.78 Å². The van der Waals surface area contributed by atoms with Crippen molar-refractivity contribution < 1.29 is 9.69 Å². The zero-order valence-electron chi connectivity index (χ0n) is 9.72. The molecule has 2 aliphatic rings. The second-order valence-corrected chi connectivity index (χ2v) is 5.02. The molecular formula is C13H22NO+. The summed E-state index contributed by atoms with van der Waals surface area (Å²) < 4.78 is 0. The molecule has 84 valence electrons. The smallest absolute Gasteiger partial charge is 0.158 e. The molecule has 1 N–H and O–H groups in total. The van der Waals surface area contributed by atoms with Crippen molar-refractivity contribution in [3.63, 3.8) is 0 Å². The Morgan fingerprint density at radius 3 is 2.73 bits per heavy atom. The van der Waals surface area contributed by atoms with Crippen molar-refractivity contribution in [2.45, 2.75) is 51.0 Å². The first-order valence-electron chi connectivity index (χ1n) is 6.33. The van der Waals surface area contributed by atoms with Crippen LogP contribution in [0.15, 0.2) is 11.6 Å². The van der Waals surface area contributed by atoms with E-state index in [1.807, 2.05) is 0 Å². The van der Waals surface area contributed by atoms with Crippen LogP contribution >= 0.6 is 0 Å². The van der Waals surface area contributed by atoms with E-state index in [9.17, 15) is 4.79 Å². The molecule has 2 rings (SSSR count). The highest BCUT2D eigenvalue weighted by Gasteiger charge is 2.23. The molecule has 15 heavy (non-hydrogen) atoms. The summed E-state index contributed by atoms with van der Waals surface area (Å²) in [5.74, 6) is 0.416. The molecule has 1 saturated carbocycles. The topological polar surface area (TPSA) is 21.5 Å². The standard InChI is InChI=1S/C13H21NO/c1-14-9-5-4-7-12(14)10-11-6-2-3-8-13(11)15/h10,12H,2-9H2,1H3/p+1/b11-10+. The van der Waals surface area contributed by atoms with Crippen molar-refractivity contribution in [2.24, 2.45) is 0 Å². The fraction of sp³-hybridized carbons (Fsp3) is 0.769. The van der Waals surface area contributed by atoms with Crippen LogP contribution in [0.3, 0.4) is 0 Å². The van der Waals surface area contributed by atoms with Gasteiger partial charge in [0.2, 0.25) is 0 Å². The van der Waals surface area contributed by atoms with Crippen molar-refractivity contribution in [2.75, 3.05) is 13.6 Å². The highest BCUT2D eigenvalue weighted by Crippen LogP contribution is 2.20. The quantitative estimate of drug-likeness (QED) is 0.641. The van der Waals surface area contributed by atoms with E-state index in [1.54, 1.807) is 4.90 Å². The molecule has 2 heteroatoms. The van der Waals surface area contributed by atoms with Gasteiger partial charge < -0.3 is 4.90 Å². The van der Waals surface area contributed by atoms with E-state index in [-0.39, 0.29) is 0 Å². The maximum atomic E-state index is 11.7. The minimum atomic E-state index is 0.416. The van der Waals surface area contributed by atoms with E-state index >= 15 is 0 Å². The Hall–Kier alpha value is -0.630. The van der Waals surface area contributed by atoms with E-state index in [0.717, 1.165) is 24.8 Å². The Labute approximate surface area is 92.3 Å². The number of Topliss-reactive ketones (excluding diaryl/α,β-unsaturated/α-hetero) is 1. The molecule has 2 atom stereocenters. The first kappa shape index (κ1) is 10.9. The normalized spacial score (nSPS) is 35.8. The third kappa shape index (κ3) is 2.69. The number of carbonyl (C=O) groups is 1. The fourth-order valence-electron chi connectivity index (χ4n) is 2.75. The Morgan fingerprint density at radius 1 is 1.20 bits per heavy atom. The Balaban J connectivity index is 2.03. The van der Waals surface area contributed by atoms with Gasteiger partial charge in [0.25, 0.3) is 0 Å². The van der Waals surface area contributed by atoms with Crippen LogP contribution in [-0.2, 0) is 4.79 Å². The average Bonchev–Trinajstić information content (AvgIpc) is 2.24. The zero-order valence-corrected chi connectivity index (χ0v) is 9.72. The lowest BCUT2D eigenvalue weighted by molar-refractivity contribution is -0.904. The summed E-state index contributed by atoms with van der Waals surface area (Å²) in [6, 6.07) is 0.607. The van der Waals surface area contributed by atoms with Crippen LogP contribution in [0.2, 0.25) is 0 Å². The van der Waals surface area contributed by atoms with Gasteiger partial charge in [0.1, 0.15) is 6.04 Å². The third-order valence-corrected chi connectivity index (χ3v) is 3.83. The number of likely N-dealkylation sites (tertiary alicyclic amines) is 1. The Kier molecular flexibility index (Phi) is 3.57. The van der Waals surface area contributed by atoms with Crippen molar-refractivity contribution in [3.8, 4) is 0 Å². The molecule has 1 aliphatic heterocycles. The van der Waals surface area contributed by atoms with Crippen LogP contribution in [0.5, 0.6) is 0 Å². The van der Waals surface area contributed by atoms with Gasteiger partial charge in [-0.25, -0.2) is 0 Å². The number of hydrogen-bond donors (Lipinski definition) is 1. The molecule has 0 radical (unpaired) electrons. The second-order valence-electron chi connectivity index (χ2n) is 5.02. The number of hydrogen-bond acceptors (Lipinski definition) is 1. The summed E-state index contributed by atoms with van der Waals surface area (Å²) in [5, 5.41) is 0. The number of rotatable bonds is 1. The molecule has 0 aromatic rings. The molecule has 1 aliphatic carbocycles. The van der Waals surface area contributed by atoms with E-state index in [1.165, 1.54) is 32.2 Å². The molecule has 0 amide bonds. The van der Waals surface area contributed by atoms with Gasteiger partial charge >= 0.3 is 0 Å². The highest BCUT2D eigenvalue weighted by molar-refractivity contribution is 5.95. The predicted molar refractivity (Wildman–Crippen MR) is 61.0 cm³/mol. The van der Waals surface area contributed by atoms with Gasteiger partial charge in [-0.15, -0.1) is 0 Å². The second kappa shape index (κ2) is 4.93. The lowest BCUT2D eigenvalue weighted by atomic mass is 9.90. The molecule has 2 unspecified atom stereocenters. The number of allylic oxidation sites excluding steroid dienone is 1. The monoisotopic (exact) mass is 208 g/mol. The van der Waals surface area contributed by atoms with Gasteiger partial charge in [0.05, 0.1) is 13.6 Å². The molecule has 2 fully saturated rings. The average molecular weight is 208 g/mol. The molecule has 2 nitrogen and oxygen atoms in total. The fourth-order valence-corrected chi connectivity index (χ4v) is 2.75. The Bertz CT molecular complexity index is 270. The number of likely N-dealkylation sites (N-methyl/N-ethyl adjacent to an activating group) is 1. The molecule has 1 saturated heterocycles. The number of ketones is 1. The van der Waals surface area contributed by atoms with Crippen LogP contribution < -0.4 is 4.90 Å². The van der Waals surface area contributed by atoms with E-state index in [4.69, 9.17) is 0 Å². The van der Waals surface area contributed by atoms with Gasteiger partial charge in [-0.3, -0.25) is 4.79 Å². The maximum absolute atomic E-state index is 11.7. The number of piperidine rings is 1. The molecular weight excluding hydrogens is 186 g/mol. The van der Waals surface area contributed by atoms with E-state index < -0.39 is 0 Å². The summed E-state index contributed by atoms with van der Waals surface area (Å²) in [6.07, 6.45) is 10.4.